The van der Waals surface area contributed by atoms with Gasteiger partial charge in [-0.15, -0.1) is 0 Å². The number of anilines is 1. The number of nitrogens with zero attached hydrogens (tertiary/aromatic N) is 2. The SMILES string of the molecule is NCCN(c1nc2ccccc2o1)C1CC1. The lowest BCUT2D eigenvalue weighted by atomic mass is 10.3. The first-order chi connectivity index (χ1) is 7.88. The van der Waals surface area contributed by atoms with E-state index in [1.165, 1.54) is 12.8 Å². The zero-order chi connectivity index (χ0) is 11.0. The topological polar surface area (TPSA) is 55.3 Å². The lowest BCUT2D eigenvalue weighted by molar-refractivity contribution is 0.564. The highest BCUT2D eigenvalue weighted by Gasteiger charge is 2.31. The Morgan fingerprint density at radius 1 is 1.38 bits per heavy atom. The van der Waals surface area contributed by atoms with Gasteiger partial charge in [0, 0.05) is 19.1 Å². The summed E-state index contributed by atoms with van der Waals surface area (Å²) in [6.07, 6.45) is 2.44. The smallest absolute Gasteiger partial charge is 0.298 e. The fraction of sp³-hybridized carbons (Fsp3) is 0.417. The molecule has 0 aliphatic heterocycles. The minimum atomic E-state index is 0.580. The van der Waals surface area contributed by atoms with Gasteiger partial charge in [-0.05, 0) is 25.0 Å². The van der Waals surface area contributed by atoms with Crippen LogP contribution in [0.3, 0.4) is 0 Å². The molecule has 1 fully saturated rings. The van der Waals surface area contributed by atoms with Crippen LogP contribution < -0.4 is 10.6 Å². The summed E-state index contributed by atoms with van der Waals surface area (Å²) in [6.45, 7) is 1.45. The molecule has 0 saturated heterocycles. The second-order valence-electron chi connectivity index (χ2n) is 4.18. The molecule has 0 unspecified atom stereocenters. The maximum atomic E-state index is 5.74. The number of hydrogen-bond acceptors (Lipinski definition) is 4. The van der Waals surface area contributed by atoms with Crippen LogP contribution in [0.2, 0.25) is 0 Å². The molecule has 0 atom stereocenters. The predicted molar refractivity (Wildman–Crippen MR) is 63.4 cm³/mol. The zero-order valence-electron chi connectivity index (χ0n) is 9.10. The van der Waals surface area contributed by atoms with Crippen LogP contribution in [0, 0.1) is 0 Å². The molecule has 84 valence electrons. The van der Waals surface area contributed by atoms with E-state index >= 15 is 0 Å². The highest BCUT2D eigenvalue weighted by atomic mass is 16.4. The quantitative estimate of drug-likeness (QED) is 0.847. The van der Waals surface area contributed by atoms with Gasteiger partial charge >= 0.3 is 0 Å². The van der Waals surface area contributed by atoms with Gasteiger partial charge in [0.2, 0.25) is 0 Å². The van der Waals surface area contributed by atoms with E-state index in [9.17, 15) is 0 Å². The molecule has 1 aromatic heterocycles. The Bertz CT molecular complexity index is 457. The number of para-hydroxylation sites is 2. The predicted octanol–water partition coefficient (Wildman–Crippen LogP) is 1.76. The van der Waals surface area contributed by atoms with Gasteiger partial charge in [-0.2, -0.15) is 4.98 Å². The van der Waals surface area contributed by atoms with E-state index in [1.54, 1.807) is 0 Å². The first-order valence-electron chi connectivity index (χ1n) is 5.71. The van der Waals surface area contributed by atoms with Crippen molar-refractivity contribution >= 4 is 17.1 Å². The molecule has 4 heteroatoms. The van der Waals surface area contributed by atoms with Gasteiger partial charge in [0.05, 0.1) is 0 Å². The molecule has 1 aliphatic carbocycles. The third-order valence-corrected chi connectivity index (χ3v) is 2.89. The number of hydrogen-bond donors (Lipinski definition) is 1. The average Bonchev–Trinajstić information content (AvgIpc) is 3.04. The molecule has 3 rings (SSSR count). The third-order valence-electron chi connectivity index (χ3n) is 2.89. The summed E-state index contributed by atoms with van der Waals surface area (Å²) in [4.78, 5) is 6.68. The number of rotatable bonds is 4. The van der Waals surface area contributed by atoms with Crippen molar-refractivity contribution in [3.63, 3.8) is 0 Å². The van der Waals surface area contributed by atoms with E-state index in [0.29, 0.717) is 18.6 Å². The molecule has 4 nitrogen and oxygen atoms in total. The maximum Gasteiger partial charge on any atom is 0.298 e. The van der Waals surface area contributed by atoms with Crippen LogP contribution in [-0.4, -0.2) is 24.1 Å². The Morgan fingerprint density at radius 3 is 2.88 bits per heavy atom. The number of fused-ring (bicyclic) bond motifs is 1. The van der Waals surface area contributed by atoms with E-state index in [-0.39, 0.29) is 0 Å². The summed E-state index contributed by atoms with van der Waals surface area (Å²) >= 11 is 0. The van der Waals surface area contributed by atoms with Gasteiger partial charge in [0.1, 0.15) is 5.52 Å². The minimum Gasteiger partial charge on any atom is -0.423 e. The first kappa shape index (κ1) is 9.66. The van der Waals surface area contributed by atoms with Crippen molar-refractivity contribution in [1.29, 1.82) is 0 Å². The van der Waals surface area contributed by atoms with Crippen LogP contribution in [0.15, 0.2) is 28.7 Å². The van der Waals surface area contributed by atoms with Crippen molar-refractivity contribution < 1.29 is 4.42 Å². The second kappa shape index (κ2) is 3.79. The molecule has 1 heterocycles. The van der Waals surface area contributed by atoms with Gasteiger partial charge in [-0.3, -0.25) is 0 Å². The molecule has 0 radical (unpaired) electrons. The van der Waals surface area contributed by atoms with Crippen LogP contribution in [-0.2, 0) is 0 Å². The van der Waals surface area contributed by atoms with Crippen LogP contribution >= 0.6 is 0 Å². The first-order valence-corrected chi connectivity index (χ1v) is 5.71. The Hall–Kier alpha value is -1.55. The summed E-state index contributed by atoms with van der Waals surface area (Å²) in [5.41, 5.74) is 7.38. The fourth-order valence-electron chi connectivity index (χ4n) is 1.94. The maximum absolute atomic E-state index is 5.74. The molecule has 0 amide bonds. The van der Waals surface area contributed by atoms with E-state index < -0.39 is 0 Å². The molecule has 16 heavy (non-hydrogen) atoms. The molecule has 1 aromatic carbocycles. The summed E-state index contributed by atoms with van der Waals surface area (Å²) in [5.74, 6) is 0. The summed E-state index contributed by atoms with van der Waals surface area (Å²) in [6, 6.07) is 9.14. The van der Waals surface area contributed by atoms with Gasteiger partial charge in [0.15, 0.2) is 5.58 Å². The average molecular weight is 217 g/mol. The lowest BCUT2D eigenvalue weighted by Crippen LogP contribution is -2.31. The summed E-state index contributed by atoms with van der Waals surface area (Å²) in [7, 11) is 0. The number of oxazole rings is 1. The standard InChI is InChI=1S/C12H15N3O/c13-7-8-15(9-5-6-9)12-14-10-3-1-2-4-11(10)16-12/h1-4,9H,5-8,13H2. The van der Waals surface area contributed by atoms with Crippen molar-refractivity contribution in [2.75, 3.05) is 18.0 Å². The van der Waals surface area contributed by atoms with Crippen molar-refractivity contribution in [2.45, 2.75) is 18.9 Å². The molecule has 2 N–H and O–H groups in total. The summed E-state index contributed by atoms with van der Waals surface area (Å²) < 4.78 is 5.74. The van der Waals surface area contributed by atoms with E-state index in [2.05, 4.69) is 9.88 Å². The van der Waals surface area contributed by atoms with Crippen LogP contribution in [0.1, 0.15) is 12.8 Å². The van der Waals surface area contributed by atoms with E-state index in [0.717, 1.165) is 17.6 Å². The Balaban J connectivity index is 1.96. The normalized spacial score (nSPS) is 15.6. The fourth-order valence-corrected chi connectivity index (χ4v) is 1.94. The zero-order valence-corrected chi connectivity index (χ0v) is 9.10. The Morgan fingerprint density at radius 2 is 2.19 bits per heavy atom. The largest absolute Gasteiger partial charge is 0.423 e. The van der Waals surface area contributed by atoms with Crippen molar-refractivity contribution in [3.05, 3.63) is 24.3 Å². The second-order valence-corrected chi connectivity index (χ2v) is 4.18. The minimum absolute atomic E-state index is 0.580. The van der Waals surface area contributed by atoms with E-state index in [1.807, 2.05) is 24.3 Å². The van der Waals surface area contributed by atoms with Crippen molar-refractivity contribution in [1.82, 2.24) is 4.98 Å². The summed E-state index contributed by atoms with van der Waals surface area (Å²) in [5, 5.41) is 0. The van der Waals surface area contributed by atoms with Gasteiger partial charge in [-0.1, -0.05) is 12.1 Å². The Kier molecular flexibility index (Phi) is 2.29. The lowest BCUT2D eigenvalue weighted by Gasteiger charge is -2.18. The number of nitrogens with two attached hydrogens (primary N) is 1. The molecule has 0 spiro atoms. The molecule has 1 saturated carbocycles. The van der Waals surface area contributed by atoms with Crippen LogP contribution in [0.4, 0.5) is 6.01 Å². The van der Waals surface area contributed by atoms with Crippen molar-refractivity contribution in [2.24, 2.45) is 5.73 Å². The van der Waals surface area contributed by atoms with Gasteiger partial charge in [-0.25, -0.2) is 0 Å². The molecular weight excluding hydrogens is 202 g/mol. The van der Waals surface area contributed by atoms with Crippen LogP contribution in [0.25, 0.3) is 11.1 Å². The number of benzene rings is 1. The molecule has 1 aliphatic rings. The highest BCUT2D eigenvalue weighted by Crippen LogP contribution is 2.32. The number of aromatic nitrogens is 1. The Labute approximate surface area is 94.0 Å². The third kappa shape index (κ3) is 1.65. The molecule has 2 aromatic rings. The van der Waals surface area contributed by atoms with Crippen LogP contribution in [0.5, 0.6) is 0 Å². The molecular formula is C12H15N3O. The van der Waals surface area contributed by atoms with Gasteiger partial charge in [0.25, 0.3) is 6.01 Å². The molecule has 0 bridgehead atoms. The monoisotopic (exact) mass is 217 g/mol. The highest BCUT2D eigenvalue weighted by molar-refractivity contribution is 5.74. The van der Waals surface area contributed by atoms with Crippen molar-refractivity contribution in [3.8, 4) is 0 Å². The van der Waals surface area contributed by atoms with E-state index in [4.69, 9.17) is 10.2 Å². The van der Waals surface area contributed by atoms with Gasteiger partial charge < -0.3 is 15.1 Å².